The highest BCUT2D eigenvalue weighted by Crippen LogP contribution is 2.25. The molecule has 0 saturated heterocycles. The number of amides is 2. The van der Waals surface area contributed by atoms with E-state index in [1.54, 1.807) is 36.4 Å². The Balaban J connectivity index is 1.69. The molecule has 0 fully saturated rings. The van der Waals surface area contributed by atoms with Gasteiger partial charge in [0.2, 0.25) is 0 Å². The van der Waals surface area contributed by atoms with Crippen LogP contribution in [0, 0.1) is 0 Å². The predicted octanol–water partition coefficient (Wildman–Crippen LogP) is 3.03. The smallest absolute Gasteiger partial charge is 0.329 e. The number of para-hydroxylation sites is 2. The van der Waals surface area contributed by atoms with Gasteiger partial charge >= 0.3 is 11.8 Å². The average Bonchev–Trinajstić information content (AvgIpc) is 2.71. The second-order valence-corrected chi connectivity index (χ2v) is 5.80. The number of nitrogens with zero attached hydrogens (tertiary/aromatic N) is 1. The highest BCUT2D eigenvalue weighted by Gasteiger charge is 2.15. The fourth-order valence-corrected chi connectivity index (χ4v) is 2.66. The summed E-state index contributed by atoms with van der Waals surface area (Å²) in [6, 6.07) is 17.6. The van der Waals surface area contributed by atoms with Crippen molar-refractivity contribution in [1.29, 1.82) is 0 Å². The summed E-state index contributed by atoms with van der Waals surface area (Å²) in [7, 11) is 0. The van der Waals surface area contributed by atoms with Crippen molar-refractivity contribution in [1.82, 2.24) is 5.43 Å². The number of hydrogen-bond acceptors (Lipinski definition) is 5. The SMILES string of the molecule is CCOc1ccccc1NC(=O)C(=O)N/N=C/c1c(O)ccc2ccccc12. The Bertz CT molecular complexity index is 1050. The van der Waals surface area contributed by atoms with E-state index in [-0.39, 0.29) is 5.75 Å². The van der Waals surface area contributed by atoms with Crippen molar-refractivity contribution in [3.05, 3.63) is 66.2 Å². The fraction of sp³-hybridized carbons (Fsp3) is 0.0952. The van der Waals surface area contributed by atoms with Crippen LogP contribution >= 0.6 is 0 Å². The largest absolute Gasteiger partial charge is 0.507 e. The molecule has 0 saturated carbocycles. The molecule has 0 bridgehead atoms. The molecular weight excluding hydrogens is 358 g/mol. The monoisotopic (exact) mass is 377 g/mol. The van der Waals surface area contributed by atoms with Gasteiger partial charge in [-0.3, -0.25) is 9.59 Å². The first-order valence-electron chi connectivity index (χ1n) is 8.67. The van der Waals surface area contributed by atoms with Crippen LogP contribution in [0.5, 0.6) is 11.5 Å². The molecule has 3 N–H and O–H groups in total. The Morgan fingerprint density at radius 3 is 2.61 bits per heavy atom. The van der Waals surface area contributed by atoms with Gasteiger partial charge in [0.1, 0.15) is 11.5 Å². The van der Waals surface area contributed by atoms with Crippen molar-refractivity contribution < 1.29 is 19.4 Å². The lowest BCUT2D eigenvalue weighted by molar-refractivity contribution is -0.136. The standard InChI is InChI=1S/C21H19N3O4/c1-2-28-19-10-6-5-9-17(19)23-20(26)21(27)24-22-13-16-15-8-4-3-7-14(15)11-12-18(16)25/h3-13,25H,2H2,1H3,(H,23,26)(H,24,27)/b22-13+. The van der Waals surface area contributed by atoms with Gasteiger partial charge < -0.3 is 15.2 Å². The van der Waals surface area contributed by atoms with E-state index in [0.717, 1.165) is 10.8 Å². The van der Waals surface area contributed by atoms with Crippen molar-refractivity contribution in [2.45, 2.75) is 6.92 Å². The lowest BCUT2D eigenvalue weighted by atomic mass is 10.0. The molecule has 0 unspecified atom stereocenters. The van der Waals surface area contributed by atoms with Crippen LogP contribution in [0.4, 0.5) is 5.69 Å². The van der Waals surface area contributed by atoms with Crippen molar-refractivity contribution >= 4 is 34.5 Å². The number of hydrogen-bond donors (Lipinski definition) is 3. The Labute approximate surface area is 161 Å². The van der Waals surface area contributed by atoms with Crippen molar-refractivity contribution in [3.8, 4) is 11.5 Å². The van der Waals surface area contributed by atoms with Crippen molar-refractivity contribution in [3.63, 3.8) is 0 Å². The number of ether oxygens (including phenoxy) is 1. The van der Waals surface area contributed by atoms with Crippen LogP contribution in [-0.4, -0.2) is 29.7 Å². The van der Waals surface area contributed by atoms with Crippen molar-refractivity contribution in [2.24, 2.45) is 5.10 Å². The fourth-order valence-electron chi connectivity index (χ4n) is 2.66. The number of carbonyl (C=O) groups is 2. The number of rotatable bonds is 5. The molecule has 0 aliphatic carbocycles. The maximum Gasteiger partial charge on any atom is 0.329 e. The minimum absolute atomic E-state index is 0.0202. The zero-order valence-electron chi connectivity index (χ0n) is 15.2. The second-order valence-electron chi connectivity index (χ2n) is 5.80. The highest BCUT2D eigenvalue weighted by atomic mass is 16.5. The van der Waals surface area contributed by atoms with Crippen LogP contribution < -0.4 is 15.5 Å². The molecule has 3 aromatic carbocycles. The molecule has 142 valence electrons. The summed E-state index contributed by atoms with van der Waals surface area (Å²) < 4.78 is 5.41. The molecule has 0 aromatic heterocycles. The third kappa shape index (κ3) is 4.27. The van der Waals surface area contributed by atoms with Crippen molar-refractivity contribution in [2.75, 3.05) is 11.9 Å². The van der Waals surface area contributed by atoms with E-state index in [2.05, 4.69) is 15.8 Å². The lowest BCUT2D eigenvalue weighted by Crippen LogP contribution is -2.32. The van der Waals surface area contributed by atoms with Gasteiger partial charge in [-0.25, -0.2) is 5.43 Å². The first-order chi connectivity index (χ1) is 13.6. The number of carbonyl (C=O) groups excluding carboxylic acids is 2. The summed E-state index contributed by atoms with van der Waals surface area (Å²) in [5, 5.41) is 18.0. The summed E-state index contributed by atoms with van der Waals surface area (Å²) in [5.41, 5.74) is 3.00. The van der Waals surface area contributed by atoms with E-state index in [4.69, 9.17) is 4.74 Å². The van der Waals surface area contributed by atoms with E-state index in [1.807, 2.05) is 31.2 Å². The first kappa shape index (κ1) is 18.9. The number of fused-ring (bicyclic) bond motifs is 1. The number of anilines is 1. The van der Waals surface area contributed by atoms with Crippen LogP contribution in [0.15, 0.2) is 65.8 Å². The molecule has 0 aliphatic rings. The number of nitrogens with one attached hydrogen (secondary N) is 2. The Hall–Kier alpha value is -3.87. The zero-order valence-corrected chi connectivity index (χ0v) is 15.2. The number of aromatic hydroxyl groups is 1. The Morgan fingerprint density at radius 2 is 1.79 bits per heavy atom. The normalized spacial score (nSPS) is 10.8. The maximum atomic E-state index is 12.1. The molecule has 0 heterocycles. The van der Waals surface area contributed by atoms with Gasteiger partial charge in [0, 0.05) is 5.56 Å². The van der Waals surface area contributed by atoms with E-state index in [1.165, 1.54) is 6.21 Å². The topological polar surface area (TPSA) is 100 Å². The van der Waals surface area contributed by atoms with Crippen LogP contribution in [0.3, 0.4) is 0 Å². The highest BCUT2D eigenvalue weighted by molar-refractivity contribution is 6.39. The molecule has 7 heteroatoms. The molecular formula is C21H19N3O4. The first-order valence-corrected chi connectivity index (χ1v) is 8.67. The molecule has 0 radical (unpaired) electrons. The van der Waals surface area contributed by atoms with Gasteiger partial charge in [-0.1, -0.05) is 42.5 Å². The van der Waals surface area contributed by atoms with Gasteiger partial charge in [0.15, 0.2) is 0 Å². The Kier molecular flexibility index (Phi) is 5.86. The summed E-state index contributed by atoms with van der Waals surface area (Å²) in [5.74, 6) is -1.34. The molecule has 28 heavy (non-hydrogen) atoms. The maximum absolute atomic E-state index is 12.1. The summed E-state index contributed by atoms with van der Waals surface area (Å²) in [6.07, 6.45) is 1.30. The predicted molar refractivity (Wildman–Crippen MR) is 108 cm³/mol. The average molecular weight is 377 g/mol. The molecule has 7 nitrogen and oxygen atoms in total. The molecule has 0 spiro atoms. The molecule has 0 aliphatic heterocycles. The minimum atomic E-state index is -0.942. The second kappa shape index (κ2) is 8.68. The van der Waals surface area contributed by atoms with E-state index in [0.29, 0.717) is 23.6 Å². The molecule has 0 atom stereocenters. The zero-order chi connectivity index (χ0) is 19.9. The number of benzene rings is 3. The number of hydrazone groups is 1. The summed E-state index contributed by atoms with van der Waals surface area (Å²) in [6.45, 7) is 2.25. The van der Waals surface area contributed by atoms with Crippen LogP contribution in [-0.2, 0) is 9.59 Å². The van der Waals surface area contributed by atoms with E-state index < -0.39 is 11.8 Å². The number of phenolic OH excluding ortho intramolecular Hbond substituents is 1. The summed E-state index contributed by atoms with van der Waals surface area (Å²) in [4.78, 5) is 24.1. The van der Waals surface area contributed by atoms with Gasteiger partial charge in [0.05, 0.1) is 18.5 Å². The number of phenols is 1. The molecule has 3 rings (SSSR count). The summed E-state index contributed by atoms with van der Waals surface area (Å²) >= 11 is 0. The molecule has 2 amide bonds. The lowest BCUT2D eigenvalue weighted by Gasteiger charge is -2.10. The van der Waals surface area contributed by atoms with E-state index >= 15 is 0 Å². The minimum Gasteiger partial charge on any atom is -0.507 e. The van der Waals surface area contributed by atoms with Crippen LogP contribution in [0.2, 0.25) is 0 Å². The quantitative estimate of drug-likeness (QED) is 0.361. The van der Waals surface area contributed by atoms with Crippen LogP contribution in [0.25, 0.3) is 10.8 Å². The Morgan fingerprint density at radius 1 is 1.04 bits per heavy atom. The van der Waals surface area contributed by atoms with Gasteiger partial charge in [-0.15, -0.1) is 0 Å². The third-order valence-electron chi connectivity index (χ3n) is 3.95. The third-order valence-corrected chi connectivity index (χ3v) is 3.95. The van der Waals surface area contributed by atoms with Gasteiger partial charge in [-0.2, -0.15) is 5.10 Å². The molecule has 3 aromatic rings. The van der Waals surface area contributed by atoms with Gasteiger partial charge in [-0.05, 0) is 35.9 Å². The van der Waals surface area contributed by atoms with Crippen LogP contribution in [0.1, 0.15) is 12.5 Å². The van der Waals surface area contributed by atoms with E-state index in [9.17, 15) is 14.7 Å². The van der Waals surface area contributed by atoms with Gasteiger partial charge in [0.25, 0.3) is 0 Å².